The van der Waals surface area contributed by atoms with E-state index in [1.54, 1.807) is 12.1 Å². The molecule has 0 radical (unpaired) electrons. The Morgan fingerprint density at radius 3 is 2.71 bits per heavy atom. The highest BCUT2D eigenvalue weighted by Crippen LogP contribution is 2.49. The zero-order valence-electron chi connectivity index (χ0n) is 14.2. The van der Waals surface area contributed by atoms with Crippen LogP contribution in [-0.4, -0.2) is 44.4 Å². The minimum atomic E-state index is -4.36. The first-order valence-corrected chi connectivity index (χ1v) is 8.44. The molecule has 24 heavy (non-hydrogen) atoms. The lowest BCUT2D eigenvalue weighted by Gasteiger charge is -2.42. The van der Waals surface area contributed by atoms with Crippen LogP contribution in [0.15, 0.2) is 18.2 Å². The predicted octanol–water partition coefficient (Wildman–Crippen LogP) is 4.15. The number of hydrogen-bond acceptors (Lipinski definition) is 3. The molecule has 0 bridgehead atoms. The molecule has 2 atom stereocenters. The van der Waals surface area contributed by atoms with E-state index in [2.05, 4.69) is 11.9 Å². The molecule has 1 unspecified atom stereocenters. The van der Waals surface area contributed by atoms with Gasteiger partial charge in [0.1, 0.15) is 0 Å². The van der Waals surface area contributed by atoms with E-state index >= 15 is 0 Å². The summed E-state index contributed by atoms with van der Waals surface area (Å²) in [6.07, 6.45) is 1.27. The molecular weight excluding hydrogens is 319 g/mol. The Balaban J connectivity index is 1.93. The molecule has 2 aliphatic rings. The molecule has 0 spiro atoms. The Hall–Kier alpha value is -1.43. The summed E-state index contributed by atoms with van der Waals surface area (Å²) in [6.45, 7) is -0.279. The second-order valence-electron chi connectivity index (χ2n) is 6.92. The molecule has 1 saturated heterocycles. The molecule has 1 aromatic carbocycles. The SMILES string of the molecule is COc1ccc([C@@]23CCCCC2N(C)CC3)cc1OCC(F)(F)F. The van der Waals surface area contributed by atoms with E-state index in [0.717, 1.165) is 37.8 Å². The van der Waals surface area contributed by atoms with Crippen LogP contribution in [0.2, 0.25) is 0 Å². The summed E-state index contributed by atoms with van der Waals surface area (Å²) in [6, 6.07) is 5.95. The monoisotopic (exact) mass is 343 g/mol. The van der Waals surface area contributed by atoms with Crippen molar-refractivity contribution in [2.24, 2.45) is 0 Å². The highest BCUT2D eigenvalue weighted by atomic mass is 19.4. The average molecular weight is 343 g/mol. The molecule has 2 fully saturated rings. The normalized spacial score (nSPS) is 27.8. The number of halogens is 3. The van der Waals surface area contributed by atoms with E-state index in [0.29, 0.717) is 11.8 Å². The summed E-state index contributed by atoms with van der Waals surface area (Å²) >= 11 is 0. The second kappa shape index (κ2) is 6.47. The quantitative estimate of drug-likeness (QED) is 0.820. The number of nitrogens with zero attached hydrogens (tertiary/aromatic N) is 1. The van der Waals surface area contributed by atoms with Gasteiger partial charge in [0.05, 0.1) is 7.11 Å². The summed E-state index contributed by atoms with van der Waals surface area (Å²) in [4.78, 5) is 2.39. The number of likely N-dealkylation sites (N-methyl/N-ethyl adjacent to an activating group) is 1. The van der Waals surface area contributed by atoms with Gasteiger partial charge in [0.2, 0.25) is 0 Å². The number of fused-ring (bicyclic) bond motifs is 1. The molecule has 1 heterocycles. The van der Waals surface area contributed by atoms with Crippen molar-refractivity contribution in [2.75, 3.05) is 27.3 Å². The molecule has 3 rings (SSSR count). The number of ether oxygens (including phenoxy) is 2. The summed E-state index contributed by atoms with van der Waals surface area (Å²) in [5, 5.41) is 0. The van der Waals surface area contributed by atoms with Crippen LogP contribution in [-0.2, 0) is 5.41 Å². The number of benzene rings is 1. The van der Waals surface area contributed by atoms with E-state index in [4.69, 9.17) is 9.47 Å². The van der Waals surface area contributed by atoms with Crippen molar-refractivity contribution in [3.63, 3.8) is 0 Å². The van der Waals surface area contributed by atoms with Gasteiger partial charge < -0.3 is 14.4 Å². The summed E-state index contributed by atoms with van der Waals surface area (Å²) in [7, 11) is 3.59. The van der Waals surface area contributed by atoms with Gasteiger partial charge in [-0.3, -0.25) is 0 Å². The molecule has 134 valence electrons. The maximum absolute atomic E-state index is 12.5. The molecular formula is C18H24F3NO2. The van der Waals surface area contributed by atoms with Gasteiger partial charge >= 0.3 is 6.18 Å². The van der Waals surface area contributed by atoms with Crippen molar-refractivity contribution in [1.82, 2.24) is 4.90 Å². The summed E-state index contributed by atoms with van der Waals surface area (Å²) in [5.41, 5.74) is 1.10. The van der Waals surface area contributed by atoms with Gasteiger partial charge in [-0.2, -0.15) is 13.2 Å². The lowest BCUT2D eigenvalue weighted by Crippen LogP contribution is -2.43. The number of likely N-dealkylation sites (tertiary alicyclic amines) is 1. The van der Waals surface area contributed by atoms with Crippen molar-refractivity contribution in [3.05, 3.63) is 23.8 Å². The Morgan fingerprint density at radius 1 is 1.21 bits per heavy atom. The van der Waals surface area contributed by atoms with Crippen molar-refractivity contribution in [2.45, 2.75) is 49.7 Å². The summed E-state index contributed by atoms with van der Waals surface area (Å²) in [5.74, 6) is 0.527. The number of methoxy groups -OCH3 is 1. The van der Waals surface area contributed by atoms with Crippen LogP contribution in [0.5, 0.6) is 11.5 Å². The smallest absolute Gasteiger partial charge is 0.422 e. The lowest BCUT2D eigenvalue weighted by atomic mass is 9.66. The third-order valence-electron chi connectivity index (χ3n) is 5.56. The van der Waals surface area contributed by atoms with Gasteiger partial charge in [-0.05, 0) is 50.6 Å². The fourth-order valence-corrected chi connectivity index (χ4v) is 4.43. The largest absolute Gasteiger partial charge is 0.493 e. The van der Waals surface area contributed by atoms with E-state index < -0.39 is 12.8 Å². The first-order valence-electron chi connectivity index (χ1n) is 8.44. The van der Waals surface area contributed by atoms with Gasteiger partial charge in [0.15, 0.2) is 18.1 Å². The van der Waals surface area contributed by atoms with Crippen molar-refractivity contribution >= 4 is 0 Å². The van der Waals surface area contributed by atoms with Crippen molar-refractivity contribution < 1.29 is 22.6 Å². The van der Waals surface area contributed by atoms with Crippen LogP contribution >= 0.6 is 0 Å². The molecule has 6 heteroatoms. The molecule has 1 aromatic rings. The summed E-state index contributed by atoms with van der Waals surface area (Å²) < 4.78 is 47.8. The third-order valence-corrected chi connectivity index (χ3v) is 5.56. The second-order valence-corrected chi connectivity index (χ2v) is 6.92. The maximum atomic E-state index is 12.5. The Bertz CT molecular complexity index is 586. The van der Waals surface area contributed by atoms with Gasteiger partial charge in [0, 0.05) is 11.5 Å². The number of hydrogen-bond donors (Lipinski definition) is 0. The predicted molar refractivity (Wildman–Crippen MR) is 85.7 cm³/mol. The minimum Gasteiger partial charge on any atom is -0.493 e. The van der Waals surface area contributed by atoms with Crippen LogP contribution in [0.25, 0.3) is 0 Å². The first kappa shape index (κ1) is 17.4. The molecule has 0 aromatic heterocycles. The zero-order chi connectivity index (χ0) is 17.4. The van der Waals surface area contributed by atoms with E-state index in [1.807, 2.05) is 6.07 Å². The van der Waals surface area contributed by atoms with Crippen LogP contribution in [0, 0.1) is 0 Å². The van der Waals surface area contributed by atoms with Crippen molar-refractivity contribution in [3.8, 4) is 11.5 Å². The van der Waals surface area contributed by atoms with E-state index in [-0.39, 0.29) is 11.2 Å². The van der Waals surface area contributed by atoms with Crippen LogP contribution in [0.4, 0.5) is 13.2 Å². The minimum absolute atomic E-state index is 0.0234. The third kappa shape index (κ3) is 3.21. The van der Waals surface area contributed by atoms with Gasteiger partial charge in [0.25, 0.3) is 0 Å². The molecule has 1 aliphatic carbocycles. The lowest BCUT2D eigenvalue weighted by molar-refractivity contribution is -0.153. The standard InChI is InChI=1S/C18H24F3NO2/c1-22-10-9-17(8-4-3-5-16(17)22)13-6-7-14(23-2)15(11-13)24-12-18(19,20)21/h6-7,11,16H,3-5,8-10,12H2,1-2H3/t16?,17-/m0/s1. The maximum Gasteiger partial charge on any atom is 0.422 e. The Labute approximate surface area is 140 Å². The molecule has 0 N–H and O–H groups in total. The Morgan fingerprint density at radius 2 is 2.00 bits per heavy atom. The molecule has 1 saturated carbocycles. The zero-order valence-corrected chi connectivity index (χ0v) is 14.2. The molecule has 0 amide bonds. The van der Waals surface area contributed by atoms with E-state index in [1.165, 1.54) is 13.5 Å². The van der Waals surface area contributed by atoms with Crippen LogP contribution < -0.4 is 9.47 Å². The highest BCUT2D eigenvalue weighted by Gasteiger charge is 2.48. The van der Waals surface area contributed by atoms with Gasteiger partial charge in [-0.25, -0.2) is 0 Å². The Kier molecular flexibility index (Phi) is 4.69. The fourth-order valence-electron chi connectivity index (χ4n) is 4.43. The molecule has 1 aliphatic heterocycles. The first-order chi connectivity index (χ1) is 11.4. The van der Waals surface area contributed by atoms with E-state index in [9.17, 15) is 13.2 Å². The highest BCUT2D eigenvalue weighted by molar-refractivity contribution is 5.46. The van der Waals surface area contributed by atoms with Gasteiger partial charge in [-0.15, -0.1) is 0 Å². The van der Waals surface area contributed by atoms with Crippen LogP contribution in [0.1, 0.15) is 37.7 Å². The number of rotatable bonds is 4. The van der Waals surface area contributed by atoms with Crippen molar-refractivity contribution in [1.29, 1.82) is 0 Å². The van der Waals surface area contributed by atoms with Gasteiger partial charge in [-0.1, -0.05) is 18.9 Å². The average Bonchev–Trinajstić information content (AvgIpc) is 2.91. The number of alkyl halides is 3. The molecule has 3 nitrogen and oxygen atoms in total. The topological polar surface area (TPSA) is 21.7 Å². The fraction of sp³-hybridized carbons (Fsp3) is 0.667. The van der Waals surface area contributed by atoms with Crippen LogP contribution in [0.3, 0.4) is 0 Å².